The molecule has 0 aliphatic carbocycles. The van der Waals surface area contributed by atoms with Crippen molar-refractivity contribution in [2.24, 2.45) is 5.73 Å². The molecule has 0 unspecified atom stereocenters. The fourth-order valence-electron chi connectivity index (χ4n) is 1.85. The minimum absolute atomic E-state index is 0.154. The van der Waals surface area contributed by atoms with E-state index in [1.165, 1.54) is 0 Å². The number of benzene rings is 1. The van der Waals surface area contributed by atoms with E-state index in [2.05, 4.69) is 10.3 Å². The van der Waals surface area contributed by atoms with Crippen LogP contribution in [0, 0.1) is 0 Å². The van der Waals surface area contributed by atoms with Crippen LogP contribution in [0.25, 0.3) is 0 Å². The lowest BCUT2D eigenvalue weighted by Crippen LogP contribution is -2.41. The highest BCUT2D eigenvalue weighted by molar-refractivity contribution is 7.13. The highest BCUT2D eigenvalue weighted by atomic mass is 32.1. The third-order valence-corrected chi connectivity index (χ3v) is 4.06. The molecule has 0 aliphatic heterocycles. The predicted octanol–water partition coefficient (Wildman–Crippen LogP) is 1.40. The molecule has 0 spiro atoms. The first-order valence-electron chi connectivity index (χ1n) is 6.75. The maximum atomic E-state index is 12.0. The van der Waals surface area contributed by atoms with Crippen molar-refractivity contribution in [1.82, 2.24) is 10.3 Å². The van der Waals surface area contributed by atoms with Crippen LogP contribution in [-0.4, -0.2) is 31.0 Å². The molecular formula is C15H20N4OS. The molecule has 0 fully saturated rings. The summed E-state index contributed by atoms with van der Waals surface area (Å²) < 4.78 is 0. The Balaban J connectivity index is 1.83. The summed E-state index contributed by atoms with van der Waals surface area (Å²) in [7, 11) is 3.88. The van der Waals surface area contributed by atoms with Crippen molar-refractivity contribution in [3.63, 3.8) is 0 Å². The molecular weight excluding hydrogens is 284 g/mol. The standard InChI is InChI=1S/C15H20N4OS/c1-19(2)15-18-12(10-21-15)9-17-14(20)13(16)8-11-6-4-3-5-7-11/h3-7,10,13H,8-9,16H2,1-2H3,(H,17,20)/t13-/m0/s1. The van der Waals surface area contributed by atoms with Gasteiger partial charge in [0.1, 0.15) is 0 Å². The topological polar surface area (TPSA) is 71.2 Å². The number of rotatable bonds is 6. The number of anilines is 1. The molecule has 6 heteroatoms. The van der Waals surface area contributed by atoms with E-state index in [4.69, 9.17) is 5.73 Å². The van der Waals surface area contributed by atoms with E-state index >= 15 is 0 Å². The number of hydrogen-bond donors (Lipinski definition) is 2. The maximum absolute atomic E-state index is 12.0. The van der Waals surface area contributed by atoms with E-state index in [-0.39, 0.29) is 5.91 Å². The highest BCUT2D eigenvalue weighted by Crippen LogP contribution is 2.17. The van der Waals surface area contributed by atoms with Crippen LogP contribution < -0.4 is 16.0 Å². The average molecular weight is 304 g/mol. The van der Waals surface area contributed by atoms with Gasteiger partial charge in [-0.25, -0.2) is 4.98 Å². The average Bonchev–Trinajstić information content (AvgIpc) is 2.95. The van der Waals surface area contributed by atoms with Crippen molar-refractivity contribution in [2.45, 2.75) is 19.0 Å². The van der Waals surface area contributed by atoms with Gasteiger partial charge in [0.25, 0.3) is 0 Å². The van der Waals surface area contributed by atoms with Crippen molar-refractivity contribution in [3.8, 4) is 0 Å². The van der Waals surface area contributed by atoms with E-state index in [0.717, 1.165) is 16.4 Å². The third-order valence-electron chi connectivity index (χ3n) is 3.00. The number of hydrogen-bond acceptors (Lipinski definition) is 5. The van der Waals surface area contributed by atoms with Crippen LogP contribution in [-0.2, 0) is 17.8 Å². The first-order valence-corrected chi connectivity index (χ1v) is 7.63. The lowest BCUT2D eigenvalue weighted by atomic mass is 10.1. The van der Waals surface area contributed by atoms with E-state index in [1.54, 1.807) is 11.3 Å². The molecule has 21 heavy (non-hydrogen) atoms. The van der Waals surface area contributed by atoms with Crippen LogP contribution in [0.15, 0.2) is 35.7 Å². The Morgan fingerprint density at radius 2 is 2.10 bits per heavy atom. The number of nitrogens with zero attached hydrogens (tertiary/aromatic N) is 2. The molecule has 2 rings (SSSR count). The summed E-state index contributed by atoms with van der Waals surface area (Å²) in [6.45, 7) is 0.408. The van der Waals surface area contributed by atoms with Gasteiger partial charge in [-0.05, 0) is 12.0 Å². The number of carbonyl (C=O) groups excluding carboxylic acids is 1. The lowest BCUT2D eigenvalue weighted by Gasteiger charge is -2.11. The Morgan fingerprint density at radius 3 is 2.71 bits per heavy atom. The molecule has 0 saturated heterocycles. The highest BCUT2D eigenvalue weighted by Gasteiger charge is 2.14. The zero-order valence-electron chi connectivity index (χ0n) is 12.2. The Morgan fingerprint density at radius 1 is 1.38 bits per heavy atom. The summed E-state index contributed by atoms with van der Waals surface area (Å²) in [4.78, 5) is 18.3. The van der Waals surface area contributed by atoms with Gasteiger partial charge in [-0.2, -0.15) is 0 Å². The first kappa shape index (κ1) is 15.5. The van der Waals surface area contributed by atoms with Crippen LogP contribution >= 0.6 is 11.3 Å². The number of thiazole rings is 1. The van der Waals surface area contributed by atoms with Gasteiger partial charge in [0.15, 0.2) is 5.13 Å². The van der Waals surface area contributed by atoms with Gasteiger partial charge in [0.2, 0.25) is 5.91 Å². The summed E-state index contributed by atoms with van der Waals surface area (Å²) in [6.07, 6.45) is 0.534. The monoisotopic (exact) mass is 304 g/mol. The van der Waals surface area contributed by atoms with Crippen LogP contribution in [0.3, 0.4) is 0 Å². The Labute approximate surface area is 128 Å². The number of nitrogens with one attached hydrogen (secondary N) is 1. The fourth-order valence-corrected chi connectivity index (χ4v) is 2.61. The Kier molecular flexibility index (Phi) is 5.30. The summed E-state index contributed by atoms with van der Waals surface area (Å²) in [6, 6.07) is 9.23. The van der Waals surface area contributed by atoms with E-state index in [0.29, 0.717) is 13.0 Å². The summed E-state index contributed by atoms with van der Waals surface area (Å²) in [5.41, 5.74) is 7.84. The van der Waals surface area contributed by atoms with Crippen molar-refractivity contribution < 1.29 is 4.79 Å². The van der Waals surface area contributed by atoms with Gasteiger partial charge in [-0.3, -0.25) is 4.79 Å². The van der Waals surface area contributed by atoms with E-state index in [9.17, 15) is 4.79 Å². The lowest BCUT2D eigenvalue weighted by molar-refractivity contribution is -0.122. The fraction of sp³-hybridized carbons (Fsp3) is 0.333. The number of aromatic nitrogens is 1. The Bertz CT molecular complexity index is 582. The van der Waals surface area contributed by atoms with Gasteiger partial charge in [0, 0.05) is 19.5 Å². The minimum atomic E-state index is -0.542. The zero-order valence-corrected chi connectivity index (χ0v) is 13.1. The number of carbonyl (C=O) groups is 1. The number of amides is 1. The minimum Gasteiger partial charge on any atom is -0.354 e. The van der Waals surface area contributed by atoms with E-state index < -0.39 is 6.04 Å². The molecule has 1 heterocycles. The summed E-state index contributed by atoms with van der Waals surface area (Å²) >= 11 is 1.55. The molecule has 0 aliphatic rings. The van der Waals surface area contributed by atoms with Crippen molar-refractivity contribution in [1.29, 1.82) is 0 Å². The molecule has 1 amide bonds. The van der Waals surface area contributed by atoms with Crippen LogP contribution in [0.5, 0.6) is 0 Å². The largest absolute Gasteiger partial charge is 0.354 e. The second kappa shape index (κ2) is 7.19. The molecule has 1 aromatic heterocycles. The van der Waals surface area contributed by atoms with Crippen LogP contribution in [0.4, 0.5) is 5.13 Å². The molecule has 2 aromatic rings. The SMILES string of the molecule is CN(C)c1nc(CNC(=O)[C@@H](N)Cc2ccccc2)cs1. The second-order valence-electron chi connectivity index (χ2n) is 5.03. The van der Waals surface area contributed by atoms with Crippen molar-refractivity contribution in [2.75, 3.05) is 19.0 Å². The second-order valence-corrected chi connectivity index (χ2v) is 5.87. The van der Waals surface area contributed by atoms with Crippen LogP contribution in [0.1, 0.15) is 11.3 Å². The molecule has 0 radical (unpaired) electrons. The zero-order chi connectivity index (χ0) is 15.2. The van der Waals surface area contributed by atoms with Crippen LogP contribution in [0.2, 0.25) is 0 Å². The summed E-state index contributed by atoms with van der Waals surface area (Å²) in [5.74, 6) is -0.154. The molecule has 0 bridgehead atoms. The molecule has 1 atom stereocenters. The van der Waals surface area contributed by atoms with Gasteiger partial charge < -0.3 is 16.0 Å². The number of nitrogens with two attached hydrogens (primary N) is 1. The quantitative estimate of drug-likeness (QED) is 0.846. The Hall–Kier alpha value is -1.92. The normalized spacial score (nSPS) is 12.0. The van der Waals surface area contributed by atoms with Gasteiger partial charge >= 0.3 is 0 Å². The summed E-state index contributed by atoms with van der Waals surface area (Å²) in [5, 5.41) is 5.70. The van der Waals surface area contributed by atoms with Crippen molar-refractivity contribution in [3.05, 3.63) is 47.0 Å². The van der Waals surface area contributed by atoms with Crippen molar-refractivity contribution >= 4 is 22.4 Å². The van der Waals surface area contributed by atoms with Gasteiger partial charge in [0.05, 0.1) is 18.3 Å². The molecule has 1 aromatic carbocycles. The molecule has 112 valence electrons. The first-order chi connectivity index (χ1) is 10.1. The maximum Gasteiger partial charge on any atom is 0.237 e. The van der Waals surface area contributed by atoms with E-state index in [1.807, 2.05) is 54.7 Å². The molecule has 0 saturated carbocycles. The predicted molar refractivity (Wildman–Crippen MR) is 86.4 cm³/mol. The third kappa shape index (κ3) is 4.54. The van der Waals surface area contributed by atoms with Gasteiger partial charge in [-0.1, -0.05) is 30.3 Å². The molecule has 3 N–H and O–H groups in total. The van der Waals surface area contributed by atoms with Gasteiger partial charge in [-0.15, -0.1) is 11.3 Å². The smallest absolute Gasteiger partial charge is 0.237 e. The molecule has 5 nitrogen and oxygen atoms in total.